The van der Waals surface area contributed by atoms with E-state index in [0.29, 0.717) is 23.5 Å². The number of benzene rings is 1. The molecule has 37 heavy (non-hydrogen) atoms. The molecule has 2 aromatic rings. The first-order chi connectivity index (χ1) is 17.8. The topological polar surface area (TPSA) is 137 Å². The molecule has 4 N–H and O–H groups in total. The summed E-state index contributed by atoms with van der Waals surface area (Å²) >= 11 is 0. The van der Waals surface area contributed by atoms with E-state index in [4.69, 9.17) is 20.9 Å². The number of esters is 1. The van der Waals surface area contributed by atoms with E-state index in [0.717, 1.165) is 11.5 Å². The molecule has 1 aromatic carbocycles. The van der Waals surface area contributed by atoms with Gasteiger partial charge >= 0.3 is 5.97 Å². The van der Waals surface area contributed by atoms with Crippen LogP contribution in [-0.2, 0) is 14.3 Å². The number of amides is 1. The molecule has 1 aliphatic carbocycles. The molecule has 0 saturated heterocycles. The predicted octanol–water partition coefficient (Wildman–Crippen LogP) is 2.34. The van der Waals surface area contributed by atoms with Gasteiger partial charge in [-0.25, -0.2) is 9.78 Å². The summed E-state index contributed by atoms with van der Waals surface area (Å²) in [7, 11) is 1.97. The monoisotopic (exact) mass is 501 g/mol. The third kappa shape index (κ3) is 5.53. The number of rotatable bonds is 9. The molecule has 1 amide bonds. The van der Waals surface area contributed by atoms with E-state index in [1.807, 2.05) is 31.3 Å². The molecule has 3 atom stereocenters. The zero-order valence-electron chi connectivity index (χ0n) is 21.1. The molecular weight excluding hydrogens is 470 g/mol. The van der Waals surface area contributed by atoms with Gasteiger partial charge in [0.25, 0.3) is 5.91 Å². The number of ether oxygens (including phenoxy) is 1. The average Bonchev–Trinajstić information content (AvgIpc) is 3.23. The van der Waals surface area contributed by atoms with Crippen molar-refractivity contribution in [1.29, 1.82) is 5.41 Å². The number of nitrogens with zero attached hydrogens (tertiary/aromatic N) is 4. The Labute approximate surface area is 216 Å². The lowest BCUT2D eigenvalue weighted by Crippen LogP contribution is -2.46. The Morgan fingerprint density at radius 2 is 2.00 bits per heavy atom. The van der Waals surface area contributed by atoms with Crippen molar-refractivity contribution < 1.29 is 14.3 Å². The van der Waals surface area contributed by atoms with Gasteiger partial charge < -0.3 is 20.7 Å². The van der Waals surface area contributed by atoms with Crippen molar-refractivity contribution in [2.75, 3.05) is 30.4 Å². The number of nitrogens with two attached hydrogens (primary N) is 1. The van der Waals surface area contributed by atoms with Crippen LogP contribution in [0.4, 0.5) is 11.5 Å². The Morgan fingerprint density at radius 1 is 1.24 bits per heavy atom. The second kappa shape index (κ2) is 11.1. The number of nitrogen functional groups attached to an aromatic ring is 1. The number of pyridine rings is 1. The molecule has 1 aliphatic heterocycles. The highest BCUT2D eigenvalue weighted by molar-refractivity contribution is 6.10. The molecule has 1 aromatic heterocycles. The minimum atomic E-state index is -0.849. The van der Waals surface area contributed by atoms with Crippen LogP contribution in [0.25, 0.3) is 0 Å². The number of hydrogen-bond acceptors (Lipinski definition) is 8. The number of carbonyl (C=O) groups excluding carboxylic acids is 2. The van der Waals surface area contributed by atoms with Crippen LogP contribution in [-0.4, -0.2) is 71.8 Å². The summed E-state index contributed by atoms with van der Waals surface area (Å²) in [5.41, 5.74) is 7.51. The van der Waals surface area contributed by atoms with Crippen molar-refractivity contribution in [2.24, 2.45) is 10.7 Å². The molecule has 0 saturated carbocycles. The molecule has 0 bridgehead atoms. The number of likely N-dealkylation sites (N-methyl/N-ethyl adjacent to an activating group) is 1. The van der Waals surface area contributed by atoms with Gasteiger partial charge in [-0.05, 0) is 56.3 Å². The fourth-order valence-electron chi connectivity index (χ4n) is 4.30. The van der Waals surface area contributed by atoms with E-state index in [9.17, 15) is 9.59 Å². The first kappa shape index (κ1) is 25.6. The Morgan fingerprint density at radius 3 is 2.65 bits per heavy atom. The maximum atomic E-state index is 13.6. The van der Waals surface area contributed by atoms with E-state index in [1.165, 1.54) is 4.90 Å². The predicted molar refractivity (Wildman–Crippen MR) is 144 cm³/mol. The van der Waals surface area contributed by atoms with Crippen LogP contribution in [0.2, 0.25) is 0 Å². The van der Waals surface area contributed by atoms with Crippen molar-refractivity contribution in [3.63, 3.8) is 0 Å². The van der Waals surface area contributed by atoms with E-state index < -0.39 is 12.0 Å². The van der Waals surface area contributed by atoms with Gasteiger partial charge in [0.05, 0.1) is 25.2 Å². The van der Waals surface area contributed by atoms with Crippen LogP contribution in [0, 0.1) is 5.41 Å². The Kier molecular flexibility index (Phi) is 7.66. The first-order valence-corrected chi connectivity index (χ1v) is 12.1. The second-order valence-corrected chi connectivity index (χ2v) is 8.75. The third-order valence-electron chi connectivity index (χ3n) is 6.35. The zero-order chi connectivity index (χ0) is 26.5. The quantitative estimate of drug-likeness (QED) is 0.272. The number of amidine groups is 2. The number of aliphatic imine (C=N–C) groups is 1. The Balaban J connectivity index is 1.52. The molecule has 10 nitrogen and oxygen atoms in total. The fraction of sp³-hybridized carbons (Fsp3) is 0.296. The van der Waals surface area contributed by atoms with Crippen molar-refractivity contribution in [1.82, 2.24) is 9.88 Å². The highest BCUT2D eigenvalue weighted by atomic mass is 16.5. The van der Waals surface area contributed by atoms with Crippen LogP contribution in [0.3, 0.4) is 0 Å². The molecule has 2 unspecified atom stereocenters. The standard InChI is InChI=1S/C27H31N7O3/c1-4-37-27(36)17(2)34(23-7-5-6-14-30-23)26(35)19-10-13-22-21(15-19)32-24(33(22)3)16-31-20-11-8-18(9-12-20)25(28)29/h5-15,17,21-22,31H,4,16H2,1-3H3,(H3,28,29)/t17-,21?,22?/m0/s1. The zero-order valence-corrected chi connectivity index (χ0v) is 21.1. The van der Waals surface area contributed by atoms with E-state index in [1.54, 1.807) is 56.5 Å². The average molecular weight is 502 g/mol. The fourth-order valence-corrected chi connectivity index (χ4v) is 4.30. The lowest BCUT2D eigenvalue weighted by molar-refractivity contribution is -0.145. The summed E-state index contributed by atoms with van der Waals surface area (Å²) in [5.74, 6) is 0.406. The summed E-state index contributed by atoms with van der Waals surface area (Å²) in [6.07, 6.45) is 7.16. The molecule has 2 aliphatic rings. The molecule has 192 valence electrons. The summed E-state index contributed by atoms with van der Waals surface area (Å²) in [5, 5.41) is 10.9. The highest BCUT2D eigenvalue weighted by Crippen LogP contribution is 2.27. The maximum absolute atomic E-state index is 13.6. The van der Waals surface area contributed by atoms with Crippen LogP contribution < -0.4 is 16.0 Å². The highest BCUT2D eigenvalue weighted by Gasteiger charge is 2.36. The van der Waals surface area contributed by atoms with E-state index >= 15 is 0 Å². The summed E-state index contributed by atoms with van der Waals surface area (Å²) in [6.45, 7) is 4.08. The molecule has 0 radical (unpaired) electrons. The van der Waals surface area contributed by atoms with Gasteiger partial charge in [-0.1, -0.05) is 18.2 Å². The lowest BCUT2D eigenvalue weighted by Gasteiger charge is -2.29. The van der Waals surface area contributed by atoms with Gasteiger partial charge in [-0.2, -0.15) is 0 Å². The lowest BCUT2D eigenvalue weighted by atomic mass is 9.97. The number of fused-ring (bicyclic) bond motifs is 1. The molecule has 10 heteroatoms. The number of anilines is 2. The Hall–Kier alpha value is -4.47. The largest absolute Gasteiger partial charge is 0.464 e. The summed E-state index contributed by atoms with van der Waals surface area (Å²) in [4.78, 5) is 38.8. The number of carbonyl (C=O) groups is 2. The summed E-state index contributed by atoms with van der Waals surface area (Å²) < 4.78 is 5.17. The van der Waals surface area contributed by atoms with Crippen LogP contribution >= 0.6 is 0 Å². The van der Waals surface area contributed by atoms with Gasteiger partial charge in [0.1, 0.15) is 23.5 Å². The minimum absolute atomic E-state index is 0.0146. The third-order valence-corrected chi connectivity index (χ3v) is 6.35. The molecule has 0 fully saturated rings. The van der Waals surface area contributed by atoms with Crippen molar-refractivity contribution in [2.45, 2.75) is 32.0 Å². The minimum Gasteiger partial charge on any atom is -0.464 e. The number of aromatic nitrogens is 1. The SMILES string of the molecule is CCOC(=O)[C@H](C)N(C(=O)C1=CC2N=C(CNc3ccc(C(=N)N)cc3)N(C)C2C=C1)c1ccccn1. The van der Waals surface area contributed by atoms with Gasteiger partial charge in [0.2, 0.25) is 0 Å². The second-order valence-electron chi connectivity index (χ2n) is 8.75. The molecule has 0 spiro atoms. The molecule has 4 rings (SSSR count). The number of nitrogens with one attached hydrogen (secondary N) is 2. The van der Waals surface area contributed by atoms with Gasteiger partial charge in [0.15, 0.2) is 0 Å². The smallest absolute Gasteiger partial charge is 0.329 e. The Bertz CT molecular complexity index is 1250. The molecular formula is C27H31N7O3. The van der Waals surface area contributed by atoms with Crippen molar-refractivity contribution in [3.8, 4) is 0 Å². The van der Waals surface area contributed by atoms with Crippen molar-refractivity contribution in [3.05, 3.63) is 78.0 Å². The van der Waals surface area contributed by atoms with Crippen LogP contribution in [0.5, 0.6) is 0 Å². The van der Waals surface area contributed by atoms with Crippen molar-refractivity contribution >= 4 is 35.1 Å². The van der Waals surface area contributed by atoms with E-state index in [2.05, 4.69) is 15.2 Å². The summed E-state index contributed by atoms with van der Waals surface area (Å²) in [6, 6.07) is 11.4. The van der Waals surface area contributed by atoms with Gasteiger partial charge in [-0.3, -0.25) is 20.1 Å². The number of hydrogen-bond donors (Lipinski definition) is 3. The van der Waals surface area contributed by atoms with E-state index in [-0.39, 0.29) is 30.4 Å². The van der Waals surface area contributed by atoms with Gasteiger partial charge in [-0.15, -0.1) is 0 Å². The first-order valence-electron chi connectivity index (χ1n) is 12.1. The van der Waals surface area contributed by atoms with Crippen LogP contribution in [0.1, 0.15) is 19.4 Å². The van der Waals surface area contributed by atoms with Crippen LogP contribution in [0.15, 0.2) is 77.5 Å². The molecule has 2 heterocycles. The maximum Gasteiger partial charge on any atom is 0.329 e. The van der Waals surface area contributed by atoms with Gasteiger partial charge in [0, 0.05) is 30.1 Å². The normalized spacial score (nSPS) is 18.8.